The van der Waals surface area contributed by atoms with Gasteiger partial charge in [-0.15, -0.1) is 0 Å². The van der Waals surface area contributed by atoms with E-state index in [-0.39, 0.29) is 0 Å². The monoisotopic (exact) mass is 251 g/mol. The van der Waals surface area contributed by atoms with Crippen LogP contribution in [0, 0.1) is 0 Å². The van der Waals surface area contributed by atoms with Crippen molar-refractivity contribution in [2.24, 2.45) is 0 Å². The van der Waals surface area contributed by atoms with Gasteiger partial charge < -0.3 is 9.84 Å². The van der Waals surface area contributed by atoms with Crippen LogP contribution in [0.15, 0.2) is 18.2 Å². The number of hydrogen-bond donors (Lipinski definition) is 1. The molecule has 2 aliphatic heterocycles. The second-order valence-corrected chi connectivity index (χ2v) is 6.57. The number of ether oxygens (including phenoxy) is 1. The highest BCUT2D eigenvalue weighted by Crippen LogP contribution is 2.50. The first-order valence-corrected chi connectivity index (χ1v) is 7.03. The molecule has 3 rings (SSSR count). The largest absolute Gasteiger partial charge is 0.481 e. The molecule has 2 atom stereocenters. The third-order valence-electron chi connectivity index (χ3n) is 3.74. The Morgan fingerprint density at radius 1 is 1.35 bits per heavy atom. The van der Waals surface area contributed by atoms with Gasteiger partial charge in [0, 0.05) is 16.6 Å². The molecule has 2 bridgehead atoms. The molecule has 0 radical (unpaired) electrons. The predicted molar refractivity (Wildman–Crippen MR) is 68.3 cm³/mol. The first kappa shape index (κ1) is 11.4. The van der Waals surface area contributed by atoms with Crippen LogP contribution in [0.25, 0.3) is 0 Å². The third kappa shape index (κ3) is 2.04. The quantitative estimate of drug-likeness (QED) is 0.876. The molecular formula is C13H17NO2S. The standard InChI is InChI=1S/C13H17NO2S/c1-16-12-4-2-3-11(14-12)13(15)7-9-5-6-10(8-13)17-9/h2-4,9-10,15H,5-8H2,1H3. The van der Waals surface area contributed by atoms with Crippen LogP contribution in [-0.2, 0) is 5.60 Å². The number of methoxy groups -OCH3 is 1. The average molecular weight is 251 g/mol. The van der Waals surface area contributed by atoms with E-state index >= 15 is 0 Å². The normalized spacial score (nSPS) is 35.9. The minimum atomic E-state index is -0.744. The van der Waals surface area contributed by atoms with Crippen molar-refractivity contribution < 1.29 is 9.84 Å². The Bertz CT molecular complexity index is 412. The van der Waals surface area contributed by atoms with Crippen LogP contribution in [0.5, 0.6) is 5.88 Å². The Morgan fingerprint density at radius 2 is 2.06 bits per heavy atom. The fourth-order valence-corrected chi connectivity index (χ4v) is 4.75. The molecule has 2 fully saturated rings. The summed E-state index contributed by atoms with van der Waals surface area (Å²) in [6, 6.07) is 5.64. The lowest BCUT2D eigenvalue weighted by atomic mass is 9.89. The summed E-state index contributed by atoms with van der Waals surface area (Å²) in [5, 5.41) is 12.0. The van der Waals surface area contributed by atoms with E-state index in [1.807, 2.05) is 30.0 Å². The van der Waals surface area contributed by atoms with Gasteiger partial charge >= 0.3 is 0 Å². The fraction of sp³-hybridized carbons (Fsp3) is 0.615. The van der Waals surface area contributed by atoms with Crippen molar-refractivity contribution in [3.8, 4) is 5.88 Å². The first-order valence-electron chi connectivity index (χ1n) is 6.09. The van der Waals surface area contributed by atoms with Crippen LogP contribution < -0.4 is 4.74 Å². The SMILES string of the molecule is COc1cccc(C2(O)CC3CCC(C2)S3)n1. The van der Waals surface area contributed by atoms with Crippen molar-refractivity contribution >= 4 is 11.8 Å². The van der Waals surface area contributed by atoms with Gasteiger partial charge in [-0.25, -0.2) is 4.98 Å². The number of rotatable bonds is 2. The molecule has 0 amide bonds. The summed E-state index contributed by atoms with van der Waals surface area (Å²) >= 11 is 2.04. The lowest BCUT2D eigenvalue weighted by Gasteiger charge is -2.35. The van der Waals surface area contributed by atoms with Gasteiger partial charge in [-0.2, -0.15) is 11.8 Å². The smallest absolute Gasteiger partial charge is 0.213 e. The Kier molecular flexibility index (Phi) is 2.79. The van der Waals surface area contributed by atoms with Crippen molar-refractivity contribution in [2.45, 2.75) is 41.8 Å². The highest BCUT2D eigenvalue weighted by Gasteiger charge is 2.45. The van der Waals surface area contributed by atoms with Crippen LogP contribution in [0.4, 0.5) is 0 Å². The molecule has 1 N–H and O–H groups in total. The lowest BCUT2D eigenvalue weighted by molar-refractivity contribution is 0.0149. The number of aromatic nitrogens is 1. The van der Waals surface area contributed by atoms with Gasteiger partial charge in [0.1, 0.15) is 5.60 Å². The van der Waals surface area contributed by atoms with Crippen LogP contribution in [0.1, 0.15) is 31.4 Å². The van der Waals surface area contributed by atoms with Gasteiger partial charge in [0.05, 0.1) is 12.8 Å². The van der Waals surface area contributed by atoms with E-state index in [0.29, 0.717) is 16.4 Å². The zero-order valence-corrected chi connectivity index (χ0v) is 10.7. The molecule has 1 aromatic heterocycles. The maximum Gasteiger partial charge on any atom is 0.213 e. The molecule has 0 aliphatic carbocycles. The minimum Gasteiger partial charge on any atom is -0.481 e. The van der Waals surface area contributed by atoms with Gasteiger partial charge in [-0.3, -0.25) is 0 Å². The second-order valence-electron chi connectivity index (χ2n) is 4.96. The zero-order valence-electron chi connectivity index (χ0n) is 9.93. The van der Waals surface area contributed by atoms with E-state index in [1.54, 1.807) is 7.11 Å². The summed E-state index contributed by atoms with van der Waals surface area (Å²) in [6.45, 7) is 0. The van der Waals surface area contributed by atoms with Gasteiger partial charge in [-0.05, 0) is 31.7 Å². The minimum absolute atomic E-state index is 0.585. The average Bonchev–Trinajstić information content (AvgIpc) is 2.69. The second kappa shape index (κ2) is 4.18. The molecule has 2 aliphatic rings. The first-order chi connectivity index (χ1) is 8.19. The molecule has 4 heteroatoms. The third-order valence-corrected chi connectivity index (χ3v) is 5.31. The van der Waals surface area contributed by atoms with E-state index < -0.39 is 5.60 Å². The maximum atomic E-state index is 10.8. The Labute approximate surface area is 106 Å². The van der Waals surface area contributed by atoms with E-state index in [2.05, 4.69) is 4.98 Å². The van der Waals surface area contributed by atoms with Crippen LogP contribution >= 0.6 is 11.8 Å². The molecule has 2 saturated heterocycles. The molecule has 3 heterocycles. The summed E-state index contributed by atoms with van der Waals surface area (Å²) in [5.74, 6) is 0.585. The Balaban J connectivity index is 1.91. The molecular weight excluding hydrogens is 234 g/mol. The van der Waals surface area contributed by atoms with E-state index in [9.17, 15) is 5.11 Å². The molecule has 3 nitrogen and oxygen atoms in total. The molecule has 17 heavy (non-hydrogen) atoms. The molecule has 92 valence electrons. The summed E-state index contributed by atoms with van der Waals surface area (Å²) in [4.78, 5) is 4.40. The Morgan fingerprint density at radius 3 is 2.71 bits per heavy atom. The van der Waals surface area contributed by atoms with Crippen LogP contribution in [-0.4, -0.2) is 27.7 Å². The number of nitrogens with zero attached hydrogens (tertiary/aromatic N) is 1. The molecule has 0 spiro atoms. The van der Waals surface area contributed by atoms with Crippen molar-refractivity contribution in [3.05, 3.63) is 23.9 Å². The molecule has 2 unspecified atom stereocenters. The summed E-state index contributed by atoms with van der Waals surface area (Å²) in [5.41, 5.74) is 0.0278. The van der Waals surface area contributed by atoms with Gasteiger partial charge in [-0.1, -0.05) is 6.07 Å². The van der Waals surface area contributed by atoms with Gasteiger partial charge in [0.25, 0.3) is 0 Å². The van der Waals surface area contributed by atoms with Crippen molar-refractivity contribution in [3.63, 3.8) is 0 Å². The number of hydrogen-bond acceptors (Lipinski definition) is 4. The zero-order chi connectivity index (χ0) is 11.9. The van der Waals surface area contributed by atoms with Crippen molar-refractivity contribution in [1.82, 2.24) is 4.98 Å². The van der Waals surface area contributed by atoms with Crippen LogP contribution in [0.3, 0.4) is 0 Å². The molecule has 0 aromatic carbocycles. The summed E-state index contributed by atoms with van der Waals surface area (Å²) in [6.07, 6.45) is 4.13. The summed E-state index contributed by atoms with van der Waals surface area (Å²) in [7, 11) is 1.61. The number of thioether (sulfide) groups is 1. The number of fused-ring (bicyclic) bond motifs is 2. The van der Waals surface area contributed by atoms with Crippen LogP contribution in [0.2, 0.25) is 0 Å². The highest BCUT2D eigenvalue weighted by molar-refractivity contribution is 8.00. The van der Waals surface area contributed by atoms with E-state index in [1.165, 1.54) is 12.8 Å². The van der Waals surface area contributed by atoms with Gasteiger partial charge in [0.2, 0.25) is 5.88 Å². The van der Waals surface area contributed by atoms with E-state index in [0.717, 1.165) is 18.5 Å². The maximum absolute atomic E-state index is 10.8. The Hall–Kier alpha value is -0.740. The highest BCUT2D eigenvalue weighted by atomic mass is 32.2. The fourth-order valence-electron chi connectivity index (χ4n) is 2.91. The van der Waals surface area contributed by atoms with E-state index in [4.69, 9.17) is 4.74 Å². The topological polar surface area (TPSA) is 42.4 Å². The molecule has 0 saturated carbocycles. The van der Waals surface area contributed by atoms with Gasteiger partial charge in [0.15, 0.2) is 0 Å². The van der Waals surface area contributed by atoms with Crippen molar-refractivity contribution in [1.29, 1.82) is 0 Å². The molecule has 1 aromatic rings. The predicted octanol–water partition coefficient (Wildman–Crippen LogP) is 2.34. The number of pyridine rings is 1. The lowest BCUT2D eigenvalue weighted by Crippen LogP contribution is -2.35. The summed E-state index contributed by atoms with van der Waals surface area (Å²) < 4.78 is 5.13. The van der Waals surface area contributed by atoms with Crippen molar-refractivity contribution in [2.75, 3.05) is 7.11 Å². The number of aliphatic hydroxyl groups is 1.